The van der Waals surface area contributed by atoms with E-state index in [2.05, 4.69) is 4.98 Å². The second-order valence-corrected chi connectivity index (χ2v) is 8.25. The lowest BCUT2D eigenvalue weighted by Gasteiger charge is -2.16. The smallest absolute Gasteiger partial charge is 0.338 e. The van der Waals surface area contributed by atoms with E-state index in [9.17, 15) is 4.79 Å². The van der Waals surface area contributed by atoms with Crippen molar-refractivity contribution in [2.24, 2.45) is 0 Å². The maximum absolute atomic E-state index is 12.2. The highest BCUT2D eigenvalue weighted by Gasteiger charge is 2.17. The van der Waals surface area contributed by atoms with Crippen molar-refractivity contribution in [3.63, 3.8) is 0 Å². The van der Waals surface area contributed by atoms with E-state index in [1.807, 2.05) is 60.0 Å². The average Bonchev–Trinajstić information content (AvgIpc) is 3.20. The summed E-state index contributed by atoms with van der Waals surface area (Å²) < 4.78 is 13.3. The Morgan fingerprint density at radius 2 is 1.73 bits per heavy atom. The van der Waals surface area contributed by atoms with Gasteiger partial charge in [0.15, 0.2) is 0 Å². The van der Waals surface area contributed by atoms with Gasteiger partial charge in [-0.15, -0.1) is 0 Å². The first-order chi connectivity index (χ1) is 16.0. The molecule has 0 aliphatic heterocycles. The first-order valence-corrected chi connectivity index (χ1v) is 11.2. The van der Waals surface area contributed by atoms with Crippen molar-refractivity contribution < 1.29 is 14.3 Å². The van der Waals surface area contributed by atoms with Gasteiger partial charge in [-0.25, -0.2) is 9.78 Å². The van der Waals surface area contributed by atoms with Gasteiger partial charge in [-0.3, -0.25) is 4.57 Å². The fourth-order valence-electron chi connectivity index (χ4n) is 3.50. The number of pyridine rings is 1. The lowest BCUT2D eigenvalue weighted by Crippen LogP contribution is -2.08. The molecular formula is C26H22Cl2N2O3. The first kappa shape index (κ1) is 22.9. The number of carbonyl (C=O) groups excluding carboxylic acids is 1. The zero-order valence-corrected chi connectivity index (χ0v) is 19.7. The van der Waals surface area contributed by atoms with Gasteiger partial charge < -0.3 is 9.47 Å². The van der Waals surface area contributed by atoms with Crippen LogP contribution in [0.5, 0.6) is 5.75 Å². The highest BCUT2D eigenvalue weighted by Crippen LogP contribution is 2.36. The first-order valence-electron chi connectivity index (χ1n) is 10.5. The van der Waals surface area contributed by atoms with Gasteiger partial charge >= 0.3 is 5.97 Å². The number of hydrogen-bond donors (Lipinski definition) is 0. The molecule has 0 saturated carbocycles. The lowest BCUT2D eigenvalue weighted by atomic mass is 10.1. The van der Waals surface area contributed by atoms with Gasteiger partial charge in [0.05, 0.1) is 17.9 Å². The fraction of sp³-hybridized carbons (Fsp3) is 0.154. The van der Waals surface area contributed by atoms with Crippen LogP contribution >= 0.6 is 23.2 Å². The number of carbonyl (C=O) groups is 1. The third kappa shape index (κ3) is 5.21. The number of aromatic nitrogens is 2. The van der Waals surface area contributed by atoms with Gasteiger partial charge in [-0.1, -0.05) is 35.3 Å². The van der Waals surface area contributed by atoms with Crippen molar-refractivity contribution in [2.75, 3.05) is 6.61 Å². The minimum Gasteiger partial charge on any atom is -0.488 e. The van der Waals surface area contributed by atoms with Crippen LogP contribution in [-0.4, -0.2) is 22.1 Å². The Labute approximate surface area is 202 Å². The summed E-state index contributed by atoms with van der Waals surface area (Å²) in [4.78, 5) is 16.7. The van der Waals surface area contributed by atoms with Gasteiger partial charge in [0.2, 0.25) is 0 Å². The second-order valence-electron chi connectivity index (χ2n) is 7.37. The maximum Gasteiger partial charge on any atom is 0.338 e. The van der Waals surface area contributed by atoms with Crippen LogP contribution in [0.2, 0.25) is 10.0 Å². The van der Waals surface area contributed by atoms with Crippen LogP contribution < -0.4 is 4.74 Å². The number of esters is 1. The standard InChI is InChI=1S/C26H22Cl2N2O3/c1-3-32-26(31)19-12-13-29-25(14-19)30-17(2)4-10-23(30)22-15-21(28)9-11-24(22)33-16-18-5-7-20(27)8-6-18/h4-15H,3,16H2,1-2H3. The lowest BCUT2D eigenvalue weighted by molar-refractivity contribution is 0.0526. The summed E-state index contributed by atoms with van der Waals surface area (Å²) in [6.45, 7) is 4.43. The predicted octanol–water partition coefficient (Wildman–Crippen LogP) is 6.91. The Morgan fingerprint density at radius 3 is 2.48 bits per heavy atom. The molecule has 2 aromatic carbocycles. The Kier molecular flexibility index (Phi) is 7.02. The molecule has 0 N–H and O–H groups in total. The summed E-state index contributed by atoms with van der Waals surface area (Å²) >= 11 is 12.3. The minimum atomic E-state index is -0.387. The molecule has 0 spiro atoms. The Bertz CT molecular complexity index is 1280. The molecule has 2 heterocycles. The van der Waals surface area contributed by atoms with Crippen molar-refractivity contribution in [3.8, 4) is 22.8 Å². The quantitative estimate of drug-likeness (QED) is 0.269. The van der Waals surface area contributed by atoms with Crippen LogP contribution in [0.4, 0.5) is 0 Å². The number of rotatable bonds is 7. The largest absolute Gasteiger partial charge is 0.488 e. The molecule has 33 heavy (non-hydrogen) atoms. The molecule has 0 aliphatic rings. The molecule has 0 amide bonds. The molecule has 168 valence electrons. The Morgan fingerprint density at radius 1 is 0.970 bits per heavy atom. The van der Waals surface area contributed by atoms with Crippen molar-refractivity contribution in [1.29, 1.82) is 0 Å². The van der Waals surface area contributed by atoms with Crippen LogP contribution in [-0.2, 0) is 11.3 Å². The van der Waals surface area contributed by atoms with E-state index in [0.717, 1.165) is 22.5 Å². The van der Waals surface area contributed by atoms with Crippen molar-refractivity contribution >= 4 is 29.2 Å². The third-order valence-electron chi connectivity index (χ3n) is 5.09. The summed E-state index contributed by atoms with van der Waals surface area (Å²) in [5.74, 6) is 0.888. The predicted molar refractivity (Wildman–Crippen MR) is 130 cm³/mol. The van der Waals surface area contributed by atoms with E-state index in [-0.39, 0.29) is 5.97 Å². The molecular weight excluding hydrogens is 459 g/mol. The van der Waals surface area contributed by atoms with Crippen molar-refractivity contribution in [3.05, 3.63) is 99.8 Å². The monoisotopic (exact) mass is 480 g/mol. The molecule has 0 aliphatic carbocycles. The van der Waals surface area contributed by atoms with Gasteiger partial charge in [0.1, 0.15) is 18.2 Å². The van der Waals surface area contributed by atoms with Crippen LogP contribution in [0, 0.1) is 6.92 Å². The van der Waals surface area contributed by atoms with Gasteiger partial charge in [-0.2, -0.15) is 0 Å². The maximum atomic E-state index is 12.2. The van der Waals surface area contributed by atoms with E-state index in [4.69, 9.17) is 32.7 Å². The van der Waals surface area contributed by atoms with E-state index >= 15 is 0 Å². The summed E-state index contributed by atoms with van der Waals surface area (Å²) in [6, 6.07) is 20.3. The third-order valence-corrected chi connectivity index (χ3v) is 5.57. The highest BCUT2D eigenvalue weighted by molar-refractivity contribution is 6.31. The Hall–Kier alpha value is -3.28. The van der Waals surface area contributed by atoms with Crippen LogP contribution in [0.15, 0.2) is 72.9 Å². The zero-order chi connectivity index (χ0) is 23.4. The van der Waals surface area contributed by atoms with Crippen molar-refractivity contribution in [2.45, 2.75) is 20.5 Å². The Balaban J connectivity index is 1.72. The van der Waals surface area contributed by atoms with E-state index < -0.39 is 0 Å². The van der Waals surface area contributed by atoms with Gasteiger partial charge in [0.25, 0.3) is 0 Å². The number of nitrogens with zero attached hydrogens (tertiary/aromatic N) is 2. The number of ether oxygens (including phenoxy) is 2. The fourth-order valence-corrected chi connectivity index (χ4v) is 3.80. The molecule has 0 atom stereocenters. The highest BCUT2D eigenvalue weighted by atomic mass is 35.5. The SMILES string of the molecule is CCOC(=O)c1ccnc(-n2c(C)ccc2-c2cc(Cl)ccc2OCc2ccc(Cl)cc2)c1. The number of hydrogen-bond acceptors (Lipinski definition) is 4. The summed E-state index contributed by atoms with van der Waals surface area (Å²) in [5, 5.41) is 1.26. The normalized spacial score (nSPS) is 10.8. The second kappa shape index (κ2) is 10.1. The molecule has 0 unspecified atom stereocenters. The van der Waals surface area contributed by atoms with E-state index in [1.54, 1.807) is 31.3 Å². The van der Waals surface area contributed by atoms with E-state index in [1.165, 1.54) is 0 Å². The molecule has 0 fully saturated rings. The molecule has 0 saturated heterocycles. The summed E-state index contributed by atoms with van der Waals surface area (Å²) in [5.41, 5.74) is 4.03. The topological polar surface area (TPSA) is 53.3 Å². The number of halogens is 2. The van der Waals surface area contributed by atoms with Gasteiger partial charge in [-0.05, 0) is 74.0 Å². The molecule has 7 heteroatoms. The van der Waals surface area contributed by atoms with E-state index in [0.29, 0.717) is 40.4 Å². The molecule has 4 aromatic rings. The molecule has 0 radical (unpaired) electrons. The zero-order valence-electron chi connectivity index (χ0n) is 18.2. The molecule has 0 bridgehead atoms. The van der Waals surface area contributed by atoms with Crippen molar-refractivity contribution in [1.82, 2.24) is 9.55 Å². The number of benzene rings is 2. The van der Waals surface area contributed by atoms with Crippen LogP contribution in [0.3, 0.4) is 0 Å². The average molecular weight is 481 g/mol. The molecule has 2 aromatic heterocycles. The molecule has 5 nitrogen and oxygen atoms in total. The summed E-state index contributed by atoms with van der Waals surface area (Å²) in [7, 11) is 0. The number of aryl methyl sites for hydroxylation is 1. The molecule has 4 rings (SSSR count). The summed E-state index contributed by atoms with van der Waals surface area (Å²) in [6.07, 6.45) is 1.60. The van der Waals surface area contributed by atoms with Crippen LogP contribution in [0.25, 0.3) is 17.1 Å². The van der Waals surface area contributed by atoms with Gasteiger partial charge in [0, 0.05) is 27.5 Å². The minimum absolute atomic E-state index is 0.307. The van der Waals surface area contributed by atoms with Crippen LogP contribution in [0.1, 0.15) is 28.5 Å².